The van der Waals surface area contributed by atoms with Crippen LogP contribution in [0, 0.1) is 17.8 Å². The average Bonchev–Trinajstić information content (AvgIpc) is 2.83. The lowest BCUT2D eigenvalue weighted by molar-refractivity contribution is 0.195. The molecule has 1 atom stereocenters. The normalized spacial score (nSPS) is 13.7. The van der Waals surface area contributed by atoms with Gasteiger partial charge in [0.2, 0.25) is 0 Å². The van der Waals surface area contributed by atoms with Crippen LogP contribution in [0.2, 0.25) is 0 Å². The maximum Gasteiger partial charge on any atom is 0.167 e. The molecule has 0 aliphatic carbocycles. The average molecular weight is 283 g/mol. The summed E-state index contributed by atoms with van der Waals surface area (Å²) >= 11 is 0. The van der Waals surface area contributed by atoms with Gasteiger partial charge in [0.15, 0.2) is 5.82 Å². The molecule has 6 nitrogen and oxygen atoms in total. The SMILES string of the molecule is COCCNC(C)c1nnnn1CC(C(C)C)C(C)C. The first-order valence-electron chi connectivity index (χ1n) is 7.45. The molecule has 0 bridgehead atoms. The minimum atomic E-state index is 0.125. The van der Waals surface area contributed by atoms with E-state index in [0.29, 0.717) is 24.4 Å². The van der Waals surface area contributed by atoms with Crippen molar-refractivity contribution in [2.45, 2.75) is 47.2 Å². The second-order valence-electron chi connectivity index (χ2n) is 6.04. The van der Waals surface area contributed by atoms with Gasteiger partial charge < -0.3 is 10.1 Å². The van der Waals surface area contributed by atoms with Gasteiger partial charge in [-0.2, -0.15) is 0 Å². The predicted octanol–water partition coefficient (Wildman–Crippen LogP) is 1.90. The van der Waals surface area contributed by atoms with E-state index in [1.165, 1.54) is 0 Å². The number of aromatic nitrogens is 4. The molecule has 0 spiro atoms. The van der Waals surface area contributed by atoms with Crippen molar-refractivity contribution >= 4 is 0 Å². The van der Waals surface area contributed by atoms with Gasteiger partial charge >= 0.3 is 0 Å². The molecule has 6 heteroatoms. The minimum absolute atomic E-state index is 0.125. The summed E-state index contributed by atoms with van der Waals surface area (Å²) in [7, 11) is 1.70. The lowest BCUT2D eigenvalue weighted by atomic mass is 9.85. The first kappa shape index (κ1) is 17.0. The summed E-state index contributed by atoms with van der Waals surface area (Å²) in [4.78, 5) is 0. The molecule has 1 aromatic heterocycles. The van der Waals surface area contributed by atoms with E-state index in [0.717, 1.165) is 18.9 Å². The molecule has 0 fully saturated rings. The molecule has 0 aliphatic rings. The predicted molar refractivity (Wildman–Crippen MR) is 79.3 cm³/mol. The Labute approximate surface area is 122 Å². The first-order valence-corrected chi connectivity index (χ1v) is 7.45. The zero-order valence-corrected chi connectivity index (χ0v) is 13.6. The number of nitrogens with one attached hydrogen (secondary N) is 1. The third-order valence-electron chi connectivity index (χ3n) is 3.80. The minimum Gasteiger partial charge on any atom is -0.383 e. The third kappa shape index (κ3) is 4.83. The summed E-state index contributed by atoms with van der Waals surface area (Å²) < 4.78 is 6.99. The van der Waals surface area contributed by atoms with E-state index in [9.17, 15) is 0 Å². The Morgan fingerprint density at radius 1 is 1.15 bits per heavy atom. The van der Waals surface area contributed by atoms with E-state index < -0.39 is 0 Å². The topological polar surface area (TPSA) is 64.9 Å². The number of ether oxygens (including phenoxy) is 1. The molecule has 116 valence electrons. The fourth-order valence-electron chi connectivity index (χ4n) is 2.51. The molecule has 0 saturated heterocycles. The standard InChI is InChI=1S/C14H29N5O/c1-10(2)13(11(3)4)9-19-14(16-17-18-19)12(5)15-7-8-20-6/h10-13,15H,7-9H2,1-6H3. The Kier molecular flexibility index (Phi) is 7.09. The Morgan fingerprint density at radius 2 is 1.80 bits per heavy atom. The molecule has 0 aromatic carbocycles. The number of rotatable bonds is 9. The molecule has 1 unspecified atom stereocenters. The molecule has 1 N–H and O–H groups in total. The molecule has 0 aliphatic heterocycles. The van der Waals surface area contributed by atoms with E-state index >= 15 is 0 Å². The smallest absolute Gasteiger partial charge is 0.167 e. The van der Waals surface area contributed by atoms with Gasteiger partial charge in [-0.05, 0) is 35.1 Å². The lowest BCUT2D eigenvalue weighted by Crippen LogP contribution is -2.28. The fourth-order valence-corrected chi connectivity index (χ4v) is 2.51. The number of nitrogens with zero attached hydrogens (tertiary/aromatic N) is 4. The van der Waals surface area contributed by atoms with Crippen molar-refractivity contribution in [1.82, 2.24) is 25.5 Å². The highest BCUT2D eigenvalue weighted by atomic mass is 16.5. The van der Waals surface area contributed by atoms with Gasteiger partial charge in [0.05, 0.1) is 12.6 Å². The highest BCUT2D eigenvalue weighted by Gasteiger charge is 2.22. The number of tetrazole rings is 1. The molecule has 0 radical (unpaired) electrons. The van der Waals surface area contributed by atoms with Crippen molar-refractivity contribution in [3.63, 3.8) is 0 Å². The Hall–Kier alpha value is -1.01. The van der Waals surface area contributed by atoms with E-state index in [-0.39, 0.29) is 6.04 Å². The van der Waals surface area contributed by atoms with Crippen LogP contribution in [0.25, 0.3) is 0 Å². The van der Waals surface area contributed by atoms with Gasteiger partial charge in [-0.15, -0.1) is 5.10 Å². The second-order valence-corrected chi connectivity index (χ2v) is 6.04. The van der Waals surface area contributed by atoms with Gasteiger partial charge in [0, 0.05) is 20.2 Å². The molecule has 0 amide bonds. The van der Waals surface area contributed by atoms with Crippen molar-refractivity contribution in [2.24, 2.45) is 17.8 Å². The third-order valence-corrected chi connectivity index (χ3v) is 3.80. The van der Waals surface area contributed by atoms with Crippen LogP contribution in [0.5, 0.6) is 0 Å². The van der Waals surface area contributed by atoms with Gasteiger partial charge in [-0.25, -0.2) is 4.68 Å². The van der Waals surface area contributed by atoms with Crippen LogP contribution in [0.1, 0.15) is 46.5 Å². The van der Waals surface area contributed by atoms with E-state index in [4.69, 9.17) is 4.74 Å². The molecular formula is C14H29N5O. The van der Waals surface area contributed by atoms with Gasteiger partial charge in [-0.1, -0.05) is 27.7 Å². The first-order chi connectivity index (χ1) is 9.47. The second kappa shape index (κ2) is 8.32. The maximum absolute atomic E-state index is 5.05. The Morgan fingerprint density at radius 3 is 2.35 bits per heavy atom. The highest BCUT2D eigenvalue weighted by Crippen LogP contribution is 2.23. The van der Waals surface area contributed by atoms with Gasteiger partial charge in [-0.3, -0.25) is 0 Å². The molecule has 20 heavy (non-hydrogen) atoms. The number of hydrogen-bond acceptors (Lipinski definition) is 5. The Bertz CT molecular complexity index is 369. The monoisotopic (exact) mass is 283 g/mol. The van der Waals surface area contributed by atoms with Crippen LogP contribution < -0.4 is 5.32 Å². The zero-order valence-electron chi connectivity index (χ0n) is 13.6. The molecule has 1 heterocycles. The maximum atomic E-state index is 5.05. The quantitative estimate of drug-likeness (QED) is 0.701. The van der Waals surface area contributed by atoms with Crippen LogP contribution in [-0.2, 0) is 11.3 Å². The lowest BCUT2D eigenvalue weighted by Gasteiger charge is -2.25. The summed E-state index contributed by atoms with van der Waals surface area (Å²) in [6, 6.07) is 0.125. The highest BCUT2D eigenvalue weighted by molar-refractivity contribution is 4.90. The van der Waals surface area contributed by atoms with Crippen molar-refractivity contribution < 1.29 is 4.74 Å². The number of hydrogen-bond donors (Lipinski definition) is 1. The van der Waals surface area contributed by atoms with Crippen molar-refractivity contribution in [1.29, 1.82) is 0 Å². The molecule has 1 rings (SSSR count). The van der Waals surface area contributed by atoms with Crippen molar-refractivity contribution in [3.05, 3.63) is 5.82 Å². The summed E-state index contributed by atoms with van der Waals surface area (Å²) in [5.41, 5.74) is 0. The fraction of sp³-hybridized carbons (Fsp3) is 0.929. The van der Waals surface area contributed by atoms with Gasteiger partial charge in [0.1, 0.15) is 0 Å². The zero-order chi connectivity index (χ0) is 15.1. The van der Waals surface area contributed by atoms with E-state index in [1.54, 1.807) is 7.11 Å². The summed E-state index contributed by atoms with van der Waals surface area (Å²) in [5, 5.41) is 15.5. The molecule has 1 aromatic rings. The van der Waals surface area contributed by atoms with E-state index in [1.807, 2.05) is 4.68 Å². The van der Waals surface area contributed by atoms with Crippen LogP contribution in [-0.4, -0.2) is 40.5 Å². The van der Waals surface area contributed by atoms with Crippen LogP contribution in [0.15, 0.2) is 0 Å². The largest absolute Gasteiger partial charge is 0.383 e. The summed E-state index contributed by atoms with van der Waals surface area (Å²) in [6.07, 6.45) is 0. The van der Waals surface area contributed by atoms with Gasteiger partial charge in [0.25, 0.3) is 0 Å². The number of methoxy groups -OCH3 is 1. The molecular weight excluding hydrogens is 254 g/mol. The molecule has 0 saturated carbocycles. The van der Waals surface area contributed by atoms with E-state index in [2.05, 4.69) is 55.5 Å². The van der Waals surface area contributed by atoms with Crippen molar-refractivity contribution in [3.8, 4) is 0 Å². The van der Waals surface area contributed by atoms with Crippen molar-refractivity contribution in [2.75, 3.05) is 20.3 Å². The van der Waals surface area contributed by atoms with Crippen LogP contribution in [0.3, 0.4) is 0 Å². The summed E-state index contributed by atoms with van der Waals surface area (Å²) in [5.74, 6) is 2.70. The Balaban J connectivity index is 2.70. The van der Waals surface area contributed by atoms with Crippen LogP contribution in [0.4, 0.5) is 0 Å². The summed E-state index contributed by atoms with van der Waals surface area (Å²) in [6.45, 7) is 13.5. The van der Waals surface area contributed by atoms with Crippen LogP contribution >= 0.6 is 0 Å².